The summed E-state index contributed by atoms with van der Waals surface area (Å²) in [5.41, 5.74) is 0.414. The Morgan fingerprint density at radius 3 is 2.61 bits per heavy atom. The highest BCUT2D eigenvalue weighted by atomic mass is 16.6. The number of benzene rings is 2. The van der Waals surface area contributed by atoms with Gasteiger partial charge in [-0.1, -0.05) is 30.3 Å². The molecule has 0 radical (unpaired) electrons. The third-order valence-corrected chi connectivity index (χ3v) is 3.66. The Bertz CT molecular complexity index is 736. The van der Waals surface area contributed by atoms with Gasteiger partial charge in [-0.25, -0.2) is 0 Å². The van der Waals surface area contributed by atoms with E-state index >= 15 is 0 Å². The monoisotopic (exact) mass is 311 g/mol. The van der Waals surface area contributed by atoms with Crippen LogP contribution >= 0.6 is 0 Å². The van der Waals surface area contributed by atoms with Gasteiger partial charge in [0.25, 0.3) is 5.69 Å². The third kappa shape index (κ3) is 4.05. The lowest BCUT2D eigenvalue weighted by Gasteiger charge is -2.24. The lowest BCUT2D eigenvalue weighted by Crippen LogP contribution is -2.24. The van der Waals surface area contributed by atoms with Crippen LogP contribution < -0.4 is 5.32 Å². The van der Waals surface area contributed by atoms with E-state index in [2.05, 4.69) is 5.32 Å². The number of aliphatic hydroxyl groups is 1. The number of nitrogens with one attached hydrogen (secondary N) is 1. The Morgan fingerprint density at radius 2 is 2.00 bits per heavy atom. The lowest BCUT2D eigenvalue weighted by molar-refractivity contribution is -0.384. The first-order valence-corrected chi connectivity index (χ1v) is 7.14. The van der Waals surface area contributed by atoms with Gasteiger partial charge in [0, 0.05) is 18.7 Å². The van der Waals surface area contributed by atoms with Crippen molar-refractivity contribution in [3.63, 3.8) is 0 Å². The first kappa shape index (κ1) is 16.5. The summed E-state index contributed by atoms with van der Waals surface area (Å²) in [7, 11) is 0. The fourth-order valence-corrected chi connectivity index (χ4v) is 2.27. The van der Waals surface area contributed by atoms with E-state index in [1.807, 2.05) is 36.4 Å². The van der Waals surface area contributed by atoms with Crippen molar-refractivity contribution in [2.75, 3.05) is 11.9 Å². The molecule has 0 heterocycles. The molecule has 0 aliphatic heterocycles. The molecule has 6 heteroatoms. The average molecular weight is 311 g/mol. The number of hydrogen-bond donors (Lipinski definition) is 2. The summed E-state index contributed by atoms with van der Waals surface area (Å²) in [5.74, 6) is 0. The number of nitro benzene ring substituents is 1. The highest BCUT2D eigenvalue weighted by Crippen LogP contribution is 2.25. The van der Waals surface area contributed by atoms with Crippen molar-refractivity contribution in [1.82, 2.24) is 0 Å². The average Bonchev–Trinajstić information content (AvgIpc) is 2.55. The van der Waals surface area contributed by atoms with E-state index in [9.17, 15) is 15.2 Å². The molecule has 0 bridgehead atoms. The van der Waals surface area contributed by atoms with Gasteiger partial charge in [-0.3, -0.25) is 10.1 Å². The molecule has 0 fully saturated rings. The van der Waals surface area contributed by atoms with Gasteiger partial charge in [-0.2, -0.15) is 5.26 Å². The van der Waals surface area contributed by atoms with Crippen molar-refractivity contribution in [3.8, 4) is 6.07 Å². The molecular formula is C17H17N3O3. The van der Waals surface area contributed by atoms with Gasteiger partial charge in [-0.05, 0) is 25.0 Å². The minimum Gasteiger partial charge on any atom is -0.385 e. The molecule has 2 rings (SSSR count). The number of nitriles is 1. The molecule has 6 nitrogen and oxygen atoms in total. The van der Waals surface area contributed by atoms with Gasteiger partial charge in [0.2, 0.25) is 0 Å². The number of non-ortho nitro benzene ring substituents is 1. The van der Waals surface area contributed by atoms with E-state index in [0.717, 1.165) is 5.56 Å². The van der Waals surface area contributed by atoms with E-state index < -0.39 is 10.5 Å². The Morgan fingerprint density at radius 1 is 1.30 bits per heavy atom. The second-order valence-corrected chi connectivity index (χ2v) is 5.42. The van der Waals surface area contributed by atoms with E-state index in [1.54, 1.807) is 6.92 Å². The third-order valence-electron chi connectivity index (χ3n) is 3.66. The molecule has 0 aliphatic carbocycles. The summed E-state index contributed by atoms with van der Waals surface area (Å²) in [4.78, 5) is 10.2. The molecule has 2 aromatic carbocycles. The number of hydrogen-bond acceptors (Lipinski definition) is 5. The maximum atomic E-state index is 10.7. The Kier molecular flexibility index (Phi) is 4.94. The fourth-order valence-electron chi connectivity index (χ4n) is 2.27. The Balaban J connectivity index is 2.04. The van der Waals surface area contributed by atoms with E-state index in [4.69, 9.17) is 5.26 Å². The molecular weight excluding hydrogens is 294 g/mol. The summed E-state index contributed by atoms with van der Waals surface area (Å²) >= 11 is 0. The highest BCUT2D eigenvalue weighted by molar-refractivity contribution is 5.61. The van der Waals surface area contributed by atoms with Crippen LogP contribution in [0.3, 0.4) is 0 Å². The molecule has 118 valence electrons. The molecule has 2 N–H and O–H groups in total. The summed E-state index contributed by atoms with van der Waals surface area (Å²) in [5, 5.41) is 33.4. The van der Waals surface area contributed by atoms with Crippen molar-refractivity contribution in [2.24, 2.45) is 0 Å². The van der Waals surface area contributed by atoms with E-state index in [-0.39, 0.29) is 11.3 Å². The molecule has 0 saturated carbocycles. The van der Waals surface area contributed by atoms with Crippen LogP contribution in [-0.2, 0) is 5.60 Å². The predicted molar refractivity (Wildman–Crippen MR) is 86.9 cm³/mol. The molecule has 0 aromatic heterocycles. The second kappa shape index (κ2) is 6.90. The van der Waals surface area contributed by atoms with Crippen LogP contribution in [0.4, 0.5) is 11.4 Å². The predicted octanol–water partition coefficient (Wildman–Crippen LogP) is 3.18. The van der Waals surface area contributed by atoms with Crippen LogP contribution in [0, 0.1) is 21.4 Å². The molecule has 1 atom stereocenters. The van der Waals surface area contributed by atoms with Crippen LogP contribution in [0.2, 0.25) is 0 Å². The summed E-state index contributed by atoms with van der Waals surface area (Å²) in [6.07, 6.45) is 0.429. The van der Waals surface area contributed by atoms with Gasteiger partial charge >= 0.3 is 0 Å². The van der Waals surface area contributed by atoms with E-state index in [1.165, 1.54) is 18.2 Å². The molecule has 0 amide bonds. The molecule has 23 heavy (non-hydrogen) atoms. The number of nitro groups is 1. The normalized spacial score (nSPS) is 12.9. The van der Waals surface area contributed by atoms with Gasteiger partial charge in [0.1, 0.15) is 6.07 Å². The van der Waals surface area contributed by atoms with Crippen LogP contribution in [0.25, 0.3) is 0 Å². The summed E-state index contributed by atoms with van der Waals surface area (Å²) in [6.45, 7) is 2.15. The fraction of sp³-hybridized carbons (Fsp3) is 0.235. The van der Waals surface area contributed by atoms with Crippen molar-refractivity contribution in [2.45, 2.75) is 18.9 Å². The van der Waals surface area contributed by atoms with E-state index in [0.29, 0.717) is 18.7 Å². The maximum absolute atomic E-state index is 10.7. The highest BCUT2D eigenvalue weighted by Gasteiger charge is 2.22. The van der Waals surface area contributed by atoms with Crippen LogP contribution in [0.5, 0.6) is 0 Å². The van der Waals surface area contributed by atoms with Gasteiger partial charge < -0.3 is 10.4 Å². The number of rotatable bonds is 6. The zero-order valence-corrected chi connectivity index (χ0v) is 12.7. The molecule has 1 unspecified atom stereocenters. The van der Waals surface area contributed by atoms with Gasteiger partial charge in [0.15, 0.2) is 0 Å². The molecule has 2 aromatic rings. The van der Waals surface area contributed by atoms with Crippen LogP contribution in [0.15, 0.2) is 48.5 Å². The molecule has 0 aliphatic rings. The van der Waals surface area contributed by atoms with Crippen molar-refractivity contribution in [3.05, 3.63) is 69.8 Å². The SMILES string of the molecule is CC(O)(CCNc1ccc([N+](=O)[O-])cc1C#N)c1ccccc1. The minimum atomic E-state index is -0.998. The van der Waals surface area contributed by atoms with Crippen molar-refractivity contribution in [1.29, 1.82) is 5.26 Å². The second-order valence-electron chi connectivity index (χ2n) is 5.42. The molecule has 0 spiro atoms. The largest absolute Gasteiger partial charge is 0.385 e. The van der Waals surface area contributed by atoms with Crippen LogP contribution in [0.1, 0.15) is 24.5 Å². The number of anilines is 1. The van der Waals surface area contributed by atoms with Gasteiger partial charge in [-0.15, -0.1) is 0 Å². The van der Waals surface area contributed by atoms with Crippen LogP contribution in [-0.4, -0.2) is 16.6 Å². The summed E-state index contributed by atoms with van der Waals surface area (Å²) < 4.78 is 0. The maximum Gasteiger partial charge on any atom is 0.270 e. The van der Waals surface area contributed by atoms with Crippen molar-refractivity contribution >= 4 is 11.4 Å². The molecule has 0 saturated heterocycles. The number of nitrogens with zero attached hydrogens (tertiary/aromatic N) is 2. The Hall–Kier alpha value is -2.91. The minimum absolute atomic E-state index is 0.122. The first-order valence-electron chi connectivity index (χ1n) is 7.14. The zero-order valence-electron chi connectivity index (χ0n) is 12.7. The van der Waals surface area contributed by atoms with Crippen molar-refractivity contribution < 1.29 is 10.0 Å². The van der Waals surface area contributed by atoms with Gasteiger partial charge in [0.05, 0.1) is 21.8 Å². The Labute approximate surface area is 134 Å². The lowest BCUT2D eigenvalue weighted by atomic mass is 9.92. The smallest absolute Gasteiger partial charge is 0.270 e. The quantitative estimate of drug-likeness (QED) is 0.630. The summed E-state index contributed by atoms with van der Waals surface area (Å²) in [6, 6.07) is 15.3. The topological polar surface area (TPSA) is 99.2 Å². The zero-order chi connectivity index (χ0) is 16.9. The first-order chi connectivity index (χ1) is 10.9. The standard InChI is InChI=1S/C17H17N3O3/c1-17(21,14-5-3-2-4-6-14)9-10-19-16-8-7-15(20(22)23)11-13(16)12-18/h2-8,11,19,21H,9-10H2,1H3.